The Morgan fingerprint density at radius 2 is 2.00 bits per heavy atom. The molecule has 0 radical (unpaired) electrons. The fourth-order valence-electron chi connectivity index (χ4n) is 2.81. The molecule has 8 heteroatoms. The molecule has 0 bridgehead atoms. The van der Waals surface area contributed by atoms with E-state index in [1.807, 2.05) is 0 Å². The molecule has 1 aliphatic rings. The van der Waals surface area contributed by atoms with Crippen molar-refractivity contribution in [1.29, 1.82) is 0 Å². The van der Waals surface area contributed by atoms with Crippen LogP contribution in [0.25, 0.3) is 0 Å². The maximum Gasteiger partial charge on any atom is 0.243 e. The summed E-state index contributed by atoms with van der Waals surface area (Å²) in [6.07, 6.45) is 0.720. The maximum absolute atomic E-state index is 14.0. The van der Waals surface area contributed by atoms with Crippen molar-refractivity contribution in [3.63, 3.8) is 0 Å². The average molecular weight is 381 g/mol. The summed E-state index contributed by atoms with van der Waals surface area (Å²) in [5.41, 5.74) is 0.0122. The number of hydrogen-bond acceptors (Lipinski definition) is 3. The number of nitrogens with zero attached hydrogens (tertiary/aromatic N) is 3. The van der Waals surface area contributed by atoms with Crippen molar-refractivity contribution < 1.29 is 13.6 Å². The number of para-hydroxylation sites is 1. The summed E-state index contributed by atoms with van der Waals surface area (Å²) in [5.74, 6) is -0.255. The van der Waals surface area contributed by atoms with E-state index in [1.165, 1.54) is 23.1 Å². The third-order valence-electron chi connectivity index (χ3n) is 4.33. The standard InChI is InChI=1S/C19H29F2N5O/c1-13(2)10-22-19(23-11-17(27)25(3)4)24-14-8-9-26(12-14)18-15(20)6-5-7-16(18)21/h5-7,13-14H,8-12H2,1-4H3,(H2,22,23,24). The predicted molar refractivity (Wildman–Crippen MR) is 104 cm³/mol. The predicted octanol–water partition coefficient (Wildman–Crippen LogP) is 1.82. The van der Waals surface area contributed by atoms with Gasteiger partial charge in [0.25, 0.3) is 0 Å². The molecule has 1 fully saturated rings. The molecule has 0 aromatic heterocycles. The first-order chi connectivity index (χ1) is 12.8. The van der Waals surface area contributed by atoms with Crippen LogP contribution < -0.4 is 15.5 Å². The first-order valence-electron chi connectivity index (χ1n) is 9.22. The van der Waals surface area contributed by atoms with E-state index in [0.717, 1.165) is 6.42 Å². The molecule has 0 aliphatic carbocycles. The van der Waals surface area contributed by atoms with Crippen LogP contribution in [0.2, 0.25) is 0 Å². The molecule has 150 valence electrons. The third-order valence-corrected chi connectivity index (χ3v) is 4.33. The highest BCUT2D eigenvalue weighted by molar-refractivity contribution is 5.85. The van der Waals surface area contributed by atoms with E-state index in [4.69, 9.17) is 0 Å². The van der Waals surface area contributed by atoms with Gasteiger partial charge in [-0.05, 0) is 24.5 Å². The molecule has 1 saturated heterocycles. The number of hydrogen-bond donors (Lipinski definition) is 2. The minimum Gasteiger partial charge on any atom is -0.365 e. The maximum atomic E-state index is 14.0. The van der Waals surface area contributed by atoms with Crippen molar-refractivity contribution in [2.75, 3.05) is 45.2 Å². The summed E-state index contributed by atoms with van der Waals surface area (Å²) in [5, 5.41) is 6.51. The van der Waals surface area contributed by atoms with Gasteiger partial charge in [-0.2, -0.15) is 0 Å². The van der Waals surface area contributed by atoms with E-state index < -0.39 is 11.6 Å². The van der Waals surface area contributed by atoms with Crippen LogP contribution in [0.3, 0.4) is 0 Å². The molecule has 1 heterocycles. The molecule has 1 aliphatic heterocycles. The summed E-state index contributed by atoms with van der Waals surface area (Å²) in [6.45, 7) is 5.91. The first-order valence-corrected chi connectivity index (χ1v) is 9.22. The average Bonchev–Trinajstić information content (AvgIpc) is 3.04. The van der Waals surface area contributed by atoms with E-state index in [0.29, 0.717) is 31.5 Å². The zero-order valence-electron chi connectivity index (χ0n) is 16.4. The minimum atomic E-state index is -0.556. The first kappa shape index (κ1) is 20.9. The molecular weight excluding hydrogens is 352 g/mol. The normalized spacial score (nSPS) is 17.4. The second-order valence-electron chi connectivity index (χ2n) is 7.37. The molecule has 6 nitrogen and oxygen atoms in total. The Hall–Kier alpha value is -2.38. The van der Waals surface area contributed by atoms with Gasteiger partial charge in [-0.25, -0.2) is 13.8 Å². The van der Waals surface area contributed by atoms with Gasteiger partial charge in [0.2, 0.25) is 5.91 Å². The zero-order chi connectivity index (χ0) is 20.0. The van der Waals surface area contributed by atoms with E-state index in [-0.39, 0.29) is 24.2 Å². The van der Waals surface area contributed by atoms with E-state index in [2.05, 4.69) is 29.5 Å². The van der Waals surface area contributed by atoms with Crippen molar-refractivity contribution in [2.45, 2.75) is 26.3 Å². The van der Waals surface area contributed by atoms with Crippen LogP contribution in [0.5, 0.6) is 0 Å². The summed E-state index contributed by atoms with van der Waals surface area (Å²) < 4.78 is 28.0. The molecule has 2 rings (SSSR count). The van der Waals surface area contributed by atoms with Gasteiger partial charge in [-0.15, -0.1) is 0 Å². The van der Waals surface area contributed by atoms with E-state index in [9.17, 15) is 13.6 Å². The van der Waals surface area contributed by atoms with Gasteiger partial charge in [0.15, 0.2) is 5.96 Å². The number of guanidine groups is 1. The molecule has 0 saturated carbocycles. The largest absolute Gasteiger partial charge is 0.365 e. The van der Waals surface area contributed by atoms with Crippen LogP contribution in [0, 0.1) is 17.6 Å². The highest BCUT2D eigenvalue weighted by Gasteiger charge is 2.27. The van der Waals surface area contributed by atoms with Crippen LogP contribution in [-0.2, 0) is 4.79 Å². The Labute approximate surface area is 159 Å². The topological polar surface area (TPSA) is 60.0 Å². The lowest BCUT2D eigenvalue weighted by Gasteiger charge is -2.22. The number of carbonyl (C=O) groups excluding carboxylic acids is 1. The number of likely N-dealkylation sites (N-methyl/N-ethyl adjacent to an activating group) is 1. The number of carbonyl (C=O) groups is 1. The second kappa shape index (κ2) is 9.53. The van der Waals surface area contributed by atoms with Gasteiger partial charge < -0.3 is 20.4 Å². The Kier molecular flexibility index (Phi) is 7.38. The molecule has 1 unspecified atom stereocenters. The fraction of sp³-hybridized carbons (Fsp3) is 0.579. The van der Waals surface area contributed by atoms with Crippen LogP contribution in [0.1, 0.15) is 20.3 Å². The molecule has 27 heavy (non-hydrogen) atoms. The van der Waals surface area contributed by atoms with Gasteiger partial charge >= 0.3 is 0 Å². The van der Waals surface area contributed by atoms with Gasteiger partial charge in [0, 0.05) is 39.8 Å². The monoisotopic (exact) mass is 381 g/mol. The zero-order valence-corrected chi connectivity index (χ0v) is 16.4. The number of aliphatic imine (C=N–C) groups is 1. The third kappa shape index (κ3) is 6.08. The van der Waals surface area contributed by atoms with Crippen molar-refractivity contribution >= 4 is 17.6 Å². The number of benzene rings is 1. The minimum absolute atomic E-state index is 0.0122. The summed E-state index contributed by atoms with van der Waals surface area (Å²) >= 11 is 0. The number of halogens is 2. The Bertz CT molecular complexity index is 658. The molecule has 1 amide bonds. The molecule has 1 aromatic carbocycles. The van der Waals surface area contributed by atoms with Crippen molar-refractivity contribution in [1.82, 2.24) is 15.5 Å². The smallest absolute Gasteiger partial charge is 0.243 e. The SMILES string of the molecule is CC(C)CNC(=NCC(=O)N(C)C)NC1CCN(c2c(F)cccc2F)C1. The Morgan fingerprint density at radius 1 is 1.33 bits per heavy atom. The lowest BCUT2D eigenvalue weighted by Crippen LogP contribution is -2.46. The van der Waals surface area contributed by atoms with Crippen molar-refractivity contribution in [3.8, 4) is 0 Å². The highest BCUT2D eigenvalue weighted by Crippen LogP contribution is 2.26. The number of anilines is 1. The van der Waals surface area contributed by atoms with Crippen LogP contribution in [0.4, 0.5) is 14.5 Å². The molecule has 0 spiro atoms. The lowest BCUT2D eigenvalue weighted by molar-refractivity contribution is -0.127. The molecular formula is C19H29F2N5O. The number of amides is 1. The van der Waals surface area contributed by atoms with Gasteiger partial charge in [-0.1, -0.05) is 19.9 Å². The van der Waals surface area contributed by atoms with Crippen LogP contribution in [0.15, 0.2) is 23.2 Å². The summed E-state index contributed by atoms with van der Waals surface area (Å²) in [6, 6.07) is 3.88. The van der Waals surface area contributed by atoms with Crippen molar-refractivity contribution in [3.05, 3.63) is 29.8 Å². The summed E-state index contributed by atoms with van der Waals surface area (Å²) in [4.78, 5) is 19.3. The van der Waals surface area contributed by atoms with E-state index >= 15 is 0 Å². The van der Waals surface area contributed by atoms with Crippen LogP contribution >= 0.6 is 0 Å². The lowest BCUT2D eigenvalue weighted by atomic mass is 10.2. The Morgan fingerprint density at radius 3 is 2.59 bits per heavy atom. The Balaban J connectivity index is 2.02. The van der Waals surface area contributed by atoms with Gasteiger partial charge in [0.05, 0.1) is 0 Å². The van der Waals surface area contributed by atoms with Gasteiger partial charge in [0.1, 0.15) is 23.9 Å². The number of rotatable bonds is 6. The molecule has 1 atom stereocenters. The molecule has 1 aromatic rings. The second-order valence-corrected chi connectivity index (χ2v) is 7.37. The van der Waals surface area contributed by atoms with Crippen LogP contribution in [-0.4, -0.2) is 63.1 Å². The van der Waals surface area contributed by atoms with Crippen molar-refractivity contribution in [2.24, 2.45) is 10.9 Å². The highest BCUT2D eigenvalue weighted by atomic mass is 19.1. The fourth-order valence-corrected chi connectivity index (χ4v) is 2.81. The van der Waals surface area contributed by atoms with E-state index in [1.54, 1.807) is 19.0 Å². The molecule has 2 N–H and O–H groups in total. The quantitative estimate of drug-likeness (QED) is 0.583. The number of nitrogens with one attached hydrogen (secondary N) is 2. The van der Waals surface area contributed by atoms with Gasteiger partial charge in [-0.3, -0.25) is 4.79 Å². The summed E-state index contributed by atoms with van der Waals surface area (Å²) in [7, 11) is 3.37.